The van der Waals surface area contributed by atoms with Gasteiger partial charge in [0.05, 0.1) is 34.6 Å². The van der Waals surface area contributed by atoms with Crippen molar-refractivity contribution in [2.45, 2.75) is 38.6 Å². The van der Waals surface area contributed by atoms with Crippen LogP contribution in [0.5, 0.6) is 5.75 Å². The summed E-state index contributed by atoms with van der Waals surface area (Å²) in [4.78, 5) is 41.5. The number of aromatic nitrogens is 2. The number of hydrogen-bond acceptors (Lipinski definition) is 8. The highest BCUT2D eigenvalue weighted by molar-refractivity contribution is 5.90. The third-order valence-electron chi connectivity index (χ3n) is 6.70. The molecule has 1 atom stereocenters. The van der Waals surface area contributed by atoms with E-state index in [1.165, 1.54) is 0 Å². The second-order valence-corrected chi connectivity index (χ2v) is 8.60. The summed E-state index contributed by atoms with van der Waals surface area (Å²) in [6, 6.07) is 6.78. The molecule has 0 amide bonds. The van der Waals surface area contributed by atoms with Gasteiger partial charge in [-0.3, -0.25) is 4.79 Å². The van der Waals surface area contributed by atoms with Crippen LogP contribution in [0.2, 0.25) is 0 Å². The maximum absolute atomic E-state index is 13.4. The fraction of sp³-hybridized carbons (Fsp3) is 0.280. The molecule has 0 aliphatic carbocycles. The molecule has 0 bridgehead atoms. The molecule has 0 fully saturated rings. The van der Waals surface area contributed by atoms with E-state index in [4.69, 9.17) is 25.3 Å². The molecule has 5 rings (SSSR count). The average Bonchev–Trinajstić information content (AvgIpc) is 3.22. The molecule has 0 radical (unpaired) electrons. The van der Waals surface area contributed by atoms with Crippen molar-refractivity contribution in [3.63, 3.8) is 0 Å². The van der Waals surface area contributed by atoms with Crippen LogP contribution in [0.25, 0.3) is 22.3 Å². The Morgan fingerprint density at radius 3 is 2.77 bits per heavy atom. The number of carbonyl (C=O) groups excluding carboxylic acids is 1. The van der Waals surface area contributed by atoms with Gasteiger partial charge in [0, 0.05) is 23.1 Å². The van der Waals surface area contributed by atoms with E-state index < -0.39 is 17.5 Å². The topological polar surface area (TPSA) is 154 Å². The predicted molar refractivity (Wildman–Crippen MR) is 125 cm³/mol. The smallest absolute Gasteiger partial charge is 0.343 e. The lowest BCUT2D eigenvalue weighted by Crippen LogP contribution is -2.44. The lowest BCUT2D eigenvalue weighted by molar-refractivity contribution is -0.172. The zero-order chi connectivity index (χ0) is 25.1. The molecule has 3 aromatic rings. The summed E-state index contributed by atoms with van der Waals surface area (Å²) in [6.07, 6.45) is 0.0604. The number of aliphatic hydroxyl groups is 1. The van der Waals surface area contributed by atoms with Gasteiger partial charge in [0.15, 0.2) is 5.60 Å². The molecule has 0 spiro atoms. The van der Waals surface area contributed by atoms with E-state index in [9.17, 15) is 19.5 Å². The van der Waals surface area contributed by atoms with Crippen molar-refractivity contribution in [3.8, 4) is 17.1 Å². The highest BCUT2D eigenvalue weighted by Crippen LogP contribution is 2.40. The largest absolute Gasteiger partial charge is 0.489 e. The summed E-state index contributed by atoms with van der Waals surface area (Å²) in [5.41, 5.74) is 7.50. The molecule has 10 heteroatoms. The summed E-state index contributed by atoms with van der Waals surface area (Å²) < 4.78 is 12.2. The number of carboxylic acid groups (broad SMARTS) is 1. The van der Waals surface area contributed by atoms with Crippen LogP contribution in [0.1, 0.15) is 35.6 Å². The van der Waals surface area contributed by atoms with E-state index in [2.05, 4.69) is 6.58 Å². The van der Waals surface area contributed by atoms with E-state index in [0.717, 1.165) is 16.5 Å². The summed E-state index contributed by atoms with van der Waals surface area (Å²) in [5.74, 6) is -1.48. The van der Waals surface area contributed by atoms with Crippen molar-refractivity contribution in [1.82, 2.24) is 9.55 Å². The first-order valence-corrected chi connectivity index (χ1v) is 11.1. The van der Waals surface area contributed by atoms with Gasteiger partial charge in [-0.05, 0) is 36.2 Å². The molecule has 0 saturated carbocycles. The van der Waals surface area contributed by atoms with Crippen molar-refractivity contribution in [2.75, 3.05) is 6.61 Å². The number of carboxylic acids is 1. The molecular formula is C25H23N3O7. The standard InChI is InChI=1S/C25H23N3O7/c1-3-25(33)18-7-20-21-16(9-28(20)22(29)17(18)11-35-24(25)32)15(8-26)14-6-13(4-5-19(14)27-21)34-10-12(2)23(30)31/h4-7,33H,2-3,8-11,26H2,1H3,(H,30,31)/t25-/m0/s1. The summed E-state index contributed by atoms with van der Waals surface area (Å²) in [7, 11) is 0. The van der Waals surface area contributed by atoms with Crippen molar-refractivity contribution < 1.29 is 29.3 Å². The monoisotopic (exact) mass is 477 g/mol. The van der Waals surface area contributed by atoms with Gasteiger partial charge in [0.1, 0.15) is 19.0 Å². The minimum absolute atomic E-state index is 0.0604. The van der Waals surface area contributed by atoms with Crippen molar-refractivity contribution >= 4 is 22.8 Å². The summed E-state index contributed by atoms with van der Waals surface area (Å²) in [6.45, 7) is 5.13. The normalized spacial score (nSPS) is 18.0. The van der Waals surface area contributed by atoms with Gasteiger partial charge in [0.25, 0.3) is 5.56 Å². The van der Waals surface area contributed by atoms with Gasteiger partial charge < -0.3 is 30.0 Å². The zero-order valence-corrected chi connectivity index (χ0v) is 19.0. The lowest BCUT2D eigenvalue weighted by Gasteiger charge is -2.31. The number of benzene rings is 1. The van der Waals surface area contributed by atoms with E-state index in [0.29, 0.717) is 22.7 Å². The highest BCUT2D eigenvalue weighted by Gasteiger charge is 2.45. The number of pyridine rings is 2. The van der Waals surface area contributed by atoms with Crippen LogP contribution in [0.4, 0.5) is 0 Å². The van der Waals surface area contributed by atoms with Gasteiger partial charge in [-0.15, -0.1) is 0 Å². The zero-order valence-electron chi connectivity index (χ0n) is 19.0. The SMILES string of the molecule is C=C(COc1ccc2nc3c(c(CN)c2c1)Cn1c-3cc2c(c1=O)COC(=O)[C@]2(O)CC)C(=O)O. The van der Waals surface area contributed by atoms with E-state index in [1.807, 2.05) is 0 Å². The fourth-order valence-corrected chi connectivity index (χ4v) is 4.70. The molecule has 4 heterocycles. The number of aliphatic carboxylic acids is 1. The lowest BCUT2D eigenvalue weighted by atomic mass is 9.86. The number of nitrogens with two attached hydrogens (primary N) is 1. The molecule has 0 saturated heterocycles. The third kappa shape index (κ3) is 3.33. The summed E-state index contributed by atoms with van der Waals surface area (Å²) >= 11 is 0. The number of cyclic esters (lactones) is 1. The molecule has 10 nitrogen and oxygen atoms in total. The Labute approximate surface area is 199 Å². The predicted octanol–water partition coefficient (Wildman–Crippen LogP) is 1.56. The highest BCUT2D eigenvalue weighted by atomic mass is 16.6. The first-order chi connectivity index (χ1) is 16.7. The Balaban J connectivity index is 1.65. The number of rotatable bonds is 6. The number of ether oxygens (including phenoxy) is 2. The second kappa shape index (κ2) is 8.03. The minimum Gasteiger partial charge on any atom is -0.489 e. The third-order valence-corrected chi connectivity index (χ3v) is 6.70. The Morgan fingerprint density at radius 1 is 1.31 bits per heavy atom. The maximum Gasteiger partial charge on any atom is 0.343 e. The van der Waals surface area contributed by atoms with Crippen molar-refractivity contribution in [1.29, 1.82) is 0 Å². The minimum atomic E-state index is -1.90. The summed E-state index contributed by atoms with van der Waals surface area (Å²) in [5, 5.41) is 20.7. The van der Waals surface area contributed by atoms with Gasteiger partial charge in [-0.25, -0.2) is 14.6 Å². The van der Waals surface area contributed by atoms with Crippen LogP contribution >= 0.6 is 0 Å². The molecule has 1 aromatic carbocycles. The number of nitrogens with zero attached hydrogens (tertiary/aromatic N) is 2. The molecule has 4 N–H and O–H groups in total. The Kier molecular flexibility index (Phi) is 5.22. The Bertz CT molecular complexity index is 1510. The van der Waals surface area contributed by atoms with E-state index >= 15 is 0 Å². The van der Waals surface area contributed by atoms with Gasteiger partial charge in [-0.2, -0.15) is 0 Å². The molecule has 180 valence electrons. The molecule has 2 aliphatic rings. The quantitative estimate of drug-likeness (QED) is 0.277. The van der Waals surface area contributed by atoms with Gasteiger partial charge in [0.2, 0.25) is 0 Å². The molecule has 2 aromatic heterocycles. The Morgan fingerprint density at radius 2 is 2.09 bits per heavy atom. The fourth-order valence-electron chi connectivity index (χ4n) is 4.70. The van der Waals surface area contributed by atoms with Crippen LogP contribution in [0.15, 0.2) is 41.2 Å². The van der Waals surface area contributed by atoms with Gasteiger partial charge in [-0.1, -0.05) is 13.5 Å². The van der Waals surface area contributed by atoms with E-state index in [-0.39, 0.29) is 55.0 Å². The van der Waals surface area contributed by atoms with Crippen LogP contribution in [-0.2, 0) is 39.6 Å². The molecule has 35 heavy (non-hydrogen) atoms. The average molecular weight is 477 g/mol. The number of hydrogen-bond donors (Lipinski definition) is 3. The number of esters is 1. The van der Waals surface area contributed by atoms with Crippen molar-refractivity contribution in [2.24, 2.45) is 5.73 Å². The molecular weight excluding hydrogens is 454 g/mol. The first kappa shape index (κ1) is 22.8. The Hall–Kier alpha value is -4.02. The first-order valence-electron chi connectivity index (χ1n) is 11.1. The number of fused-ring (bicyclic) bond motifs is 5. The van der Waals surface area contributed by atoms with Crippen molar-refractivity contribution in [3.05, 3.63) is 69.0 Å². The van der Waals surface area contributed by atoms with Crippen LogP contribution < -0.4 is 16.0 Å². The van der Waals surface area contributed by atoms with Gasteiger partial charge >= 0.3 is 11.9 Å². The molecule has 2 aliphatic heterocycles. The van der Waals surface area contributed by atoms with Crippen LogP contribution in [0, 0.1) is 0 Å². The van der Waals surface area contributed by atoms with E-state index in [1.54, 1.807) is 35.8 Å². The number of carbonyl (C=O) groups is 2. The van der Waals surface area contributed by atoms with Crippen LogP contribution in [-0.4, -0.2) is 38.3 Å². The maximum atomic E-state index is 13.4. The van der Waals surface area contributed by atoms with Crippen LogP contribution in [0.3, 0.4) is 0 Å². The molecule has 0 unspecified atom stereocenters. The second-order valence-electron chi connectivity index (χ2n) is 8.60.